The second-order valence-electron chi connectivity index (χ2n) is 7.91. The molecule has 0 saturated carbocycles. The van der Waals surface area contributed by atoms with E-state index in [1.54, 1.807) is 29.8 Å². The van der Waals surface area contributed by atoms with Crippen LogP contribution in [0, 0.1) is 13.8 Å². The third-order valence-electron chi connectivity index (χ3n) is 6.16. The van der Waals surface area contributed by atoms with E-state index >= 15 is 0 Å². The van der Waals surface area contributed by atoms with Gasteiger partial charge in [0.2, 0.25) is 5.43 Å². The zero-order chi connectivity index (χ0) is 24.4. The van der Waals surface area contributed by atoms with Gasteiger partial charge in [0.05, 0.1) is 16.8 Å². The largest absolute Gasteiger partial charge is 0.452 e. The number of nitrogens with one attached hydrogen (secondary N) is 1. The third kappa shape index (κ3) is 3.94. The summed E-state index contributed by atoms with van der Waals surface area (Å²) in [6, 6.07) is 3.56. The molecular weight excluding hydrogens is 420 g/mol. The highest BCUT2D eigenvalue weighted by molar-refractivity contribution is 6.08. The first kappa shape index (κ1) is 24.2. The zero-order valence-electron chi connectivity index (χ0n) is 20.5. The Morgan fingerprint density at radius 1 is 0.970 bits per heavy atom. The number of fused-ring (bicyclic) bond motifs is 2. The van der Waals surface area contributed by atoms with E-state index in [0.29, 0.717) is 48.4 Å². The van der Waals surface area contributed by atoms with Crippen molar-refractivity contribution >= 4 is 28.6 Å². The van der Waals surface area contributed by atoms with Gasteiger partial charge in [-0.05, 0) is 53.2 Å². The molecule has 1 aliphatic heterocycles. The van der Waals surface area contributed by atoms with Crippen LogP contribution in [0.3, 0.4) is 0 Å². The lowest BCUT2D eigenvalue weighted by Crippen LogP contribution is -2.33. The molecule has 1 aliphatic carbocycles. The number of benzene rings is 2. The molecule has 1 aromatic rings. The number of anilines is 1. The molecule has 33 heavy (non-hydrogen) atoms. The lowest BCUT2D eigenvalue weighted by Gasteiger charge is -2.24. The van der Waals surface area contributed by atoms with E-state index in [4.69, 9.17) is 9.40 Å². The fraction of sp³-hybridized carbons (Fsp3) is 0.440. The summed E-state index contributed by atoms with van der Waals surface area (Å²) in [5.74, 6) is -0.204. The van der Waals surface area contributed by atoms with Crippen LogP contribution in [0.2, 0.25) is 0 Å². The van der Waals surface area contributed by atoms with Gasteiger partial charge in [0.1, 0.15) is 11.2 Å². The van der Waals surface area contributed by atoms with E-state index in [2.05, 4.69) is 5.32 Å². The van der Waals surface area contributed by atoms with Gasteiger partial charge in [-0.3, -0.25) is 14.4 Å². The Morgan fingerprint density at radius 2 is 1.55 bits per heavy atom. The molecule has 0 fully saturated rings. The molecule has 0 aromatic heterocycles. The molecule has 0 bridgehead atoms. The summed E-state index contributed by atoms with van der Waals surface area (Å²) in [7, 11) is 1.61. The lowest BCUT2D eigenvalue weighted by molar-refractivity contribution is 0.0767. The Labute approximate surface area is 193 Å². The second-order valence-corrected chi connectivity index (χ2v) is 7.91. The van der Waals surface area contributed by atoms with E-state index in [0.717, 1.165) is 5.56 Å². The Balaban J connectivity index is 2.49. The SMILES string of the molecule is CCN(CC)C(=O)c1c2nc3c(C(=O)N(CC)CC)ccc(C)c3oc-2c(C)c(=O)c1NC. The van der Waals surface area contributed by atoms with E-state index < -0.39 is 0 Å². The van der Waals surface area contributed by atoms with Gasteiger partial charge in [-0.25, -0.2) is 4.98 Å². The number of aromatic nitrogens is 1. The molecule has 1 aromatic carbocycles. The molecule has 0 saturated heterocycles. The summed E-state index contributed by atoms with van der Waals surface area (Å²) < 4.78 is 6.23. The minimum Gasteiger partial charge on any atom is -0.452 e. The van der Waals surface area contributed by atoms with Crippen LogP contribution < -0.4 is 10.7 Å². The number of hydrogen-bond acceptors (Lipinski definition) is 6. The molecule has 8 heteroatoms. The average molecular weight is 453 g/mol. The summed E-state index contributed by atoms with van der Waals surface area (Å²) in [5, 5.41) is 2.90. The maximum atomic E-state index is 13.5. The minimum absolute atomic E-state index is 0.158. The van der Waals surface area contributed by atoms with Gasteiger partial charge in [-0.2, -0.15) is 0 Å². The van der Waals surface area contributed by atoms with Crippen molar-refractivity contribution in [2.45, 2.75) is 41.5 Å². The Kier molecular flexibility index (Phi) is 7.05. The van der Waals surface area contributed by atoms with Crippen molar-refractivity contribution in [1.82, 2.24) is 14.8 Å². The maximum Gasteiger partial charge on any atom is 0.258 e. The van der Waals surface area contributed by atoms with Crippen molar-refractivity contribution in [2.24, 2.45) is 0 Å². The quantitative estimate of drug-likeness (QED) is 0.546. The van der Waals surface area contributed by atoms with Gasteiger partial charge < -0.3 is 19.5 Å². The average Bonchev–Trinajstić information content (AvgIpc) is 2.82. The predicted molar refractivity (Wildman–Crippen MR) is 130 cm³/mol. The number of carbonyl (C=O) groups is 2. The fourth-order valence-electron chi connectivity index (χ4n) is 4.14. The normalized spacial score (nSPS) is 11.1. The monoisotopic (exact) mass is 452 g/mol. The molecule has 0 unspecified atom stereocenters. The highest BCUT2D eigenvalue weighted by atomic mass is 16.3. The molecule has 0 radical (unpaired) electrons. The van der Waals surface area contributed by atoms with E-state index in [1.165, 1.54) is 0 Å². The van der Waals surface area contributed by atoms with Crippen molar-refractivity contribution in [1.29, 1.82) is 0 Å². The standard InChI is InChI=1S/C25H32N4O4/c1-8-28(9-2)24(31)16-13-12-14(5)22-18(16)27-20-17(25(32)29(10-3)11-4)19(26-7)21(30)15(6)23(20)33-22/h12-13,26H,8-11H2,1-7H3. The smallest absolute Gasteiger partial charge is 0.258 e. The highest BCUT2D eigenvalue weighted by Gasteiger charge is 2.31. The van der Waals surface area contributed by atoms with Crippen molar-refractivity contribution in [2.75, 3.05) is 38.5 Å². The van der Waals surface area contributed by atoms with Crippen molar-refractivity contribution < 1.29 is 14.0 Å². The van der Waals surface area contributed by atoms with Crippen LogP contribution in [-0.4, -0.2) is 59.8 Å². The van der Waals surface area contributed by atoms with Gasteiger partial charge in [0, 0.05) is 38.8 Å². The molecule has 2 amide bonds. The summed E-state index contributed by atoms with van der Waals surface area (Å²) in [5.41, 5.74) is 2.69. The number of hydrogen-bond donors (Lipinski definition) is 1. The first-order chi connectivity index (χ1) is 15.7. The molecule has 3 rings (SSSR count). The Morgan fingerprint density at radius 3 is 2.09 bits per heavy atom. The van der Waals surface area contributed by atoms with Gasteiger partial charge in [0.25, 0.3) is 11.8 Å². The van der Waals surface area contributed by atoms with Crippen molar-refractivity contribution in [3.63, 3.8) is 0 Å². The first-order valence-corrected chi connectivity index (χ1v) is 11.4. The van der Waals surface area contributed by atoms with Gasteiger partial charge in [-0.15, -0.1) is 0 Å². The summed E-state index contributed by atoms with van der Waals surface area (Å²) in [4.78, 5) is 48.0. The van der Waals surface area contributed by atoms with Crippen LogP contribution >= 0.6 is 0 Å². The molecule has 0 spiro atoms. The summed E-state index contributed by atoms with van der Waals surface area (Å²) in [6.45, 7) is 13.2. The Bertz CT molecular complexity index is 1240. The van der Waals surface area contributed by atoms with Gasteiger partial charge >= 0.3 is 0 Å². The van der Waals surface area contributed by atoms with Crippen LogP contribution in [-0.2, 0) is 0 Å². The predicted octanol–water partition coefficient (Wildman–Crippen LogP) is 3.92. The van der Waals surface area contributed by atoms with Crippen molar-refractivity contribution in [3.8, 4) is 11.5 Å². The third-order valence-corrected chi connectivity index (χ3v) is 6.16. The molecule has 176 valence electrons. The molecule has 1 heterocycles. The summed E-state index contributed by atoms with van der Waals surface area (Å²) in [6.07, 6.45) is 0. The minimum atomic E-state index is -0.308. The van der Waals surface area contributed by atoms with Gasteiger partial charge in [-0.1, -0.05) is 6.07 Å². The van der Waals surface area contributed by atoms with Crippen LogP contribution in [0.4, 0.5) is 5.69 Å². The topological polar surface area (TPSA) is 95.8 Å². The van der Waals surface area contributed by atoms with Crippen LogP contribution in [0.5, 0.6) is 0 Å². The Hall–Kier alpha value is -3.42. The number of rotatable bonds is 7. The van der Waals surface area contributed by atoms with Crippen LogP contribution in [0.25, 0.3) is 22.6 Å². The van der Waals surface area contributed by atoms with E-state index in [9.17, 15) is 14.4 Å². The first-order valence-electron chi connectivity index (χ1n) is 11.4. The highest BCUT2D eigenvalue weighted by Crippen LogP contribution is 2.35. The summed E-state index contributed by atoms with van der Waals surface area (Å²) >= 11 is 0. The number of amides is 2. The zero-order valence-corrected chi connectivity index (χ0v) is 20.5. The van der Waals surface area contributed by atoms with E-state index in [-0.39, 0.29) is 39.9 Å². The number of nitrogens with zero attached hydrogens (tertiary/aromatic N) is 3. The fourth-order valence-corrected chi connectivity index (χ4v) is 4.14. The van der Waals surface area contributed by atoms with Gasteiger partial charge in [0.15, 0.2) is 11.3 Å². The molecular formula is C25H32N4O4. The maximum absolute atomic E-state index is 13.5. The number of aryl methyl sites for hydroxylation is 1. The molecule has 2 aliphatic rings. The van der Waals surface area contributed by atoms with Crippen molar-refractivity contribution in [3.05, 3.63) is 44.6 Å². The van der Waals surface area contributed by atoms with Crippen LogP contribution in [0.1, 0.15) is 59.5 Å². The van der Waals surface area contributed by atoms with E-state index in [1.807, 2.05) is 40.7 Å². The second kappa shape index (κ2) is 9.60. The molecule has 0 atom stereocenters. The number of carbonyl (C=O) groups excluding carboxylic acids is 2. The molecule has 1 N–H and O–H groups in total. The lowest BCUT2D eigenvalue weighted by atomic mass is 9.98. The molecule has 8 nitrogen and oxygen atoms in total. The van der Waals surface area contributed by atoms with Crippen LogP contribution in [0.15, 0.2) is 21.3 Å².